The molecule has 1 rings (SSSR count). The summed E-state index contributed by atoms with van der Waals surface area (Å²) in [5, 5.41) is 0. The molecule has 0 saturated carbocycles. The molecule has 1 fully saturated rings. The molecule has 18 heavy (non-hydrogen) atoms. The third-order valence-corrected chi connectivity index (χ3v) is 2.44. The van der Waals surface area contributed by atoms with Gasteiger partial charge in [-0.2, -0.15) is 0 Å². The van der Waals surface area contributed by atoms with E-state index in [0.717, 1.165) is 6.42 Å². The van der Waals surface area contributed by atoms with Crippen LogP contribution in [0.15, 0.2) is 12.2 Å². The summed E-state index contributed by atoms with van der Waals surface area (Å²) in [4.78, 5) is 24.5. The molecule has 0 aromatic carbocycles. The summed E-state index contributed by atoms with van der Waals surface area (Å²) in [5.41, 5.74) is -0.498. The van der Waals surface area contributed by atoms with Crippen LogP contribution in [0.1, 0.15) is 34.1 Å². The lowest BCUT2D eigenvalue weighted by Gasteiger charge is -2.39. The van der Waals surface area contributed by atoms with Crippen molar-refractivity contribution in [1.82, 2.24) is 4.90 Å². The Bertz CT molecular complexity index is 343. The van der Waals surface area contributed by atoms with Gasteiger partial charge in [-0.3, -0.25) is 0 Å². The lowest BCUT2D eigenvalue weighted by atomic mass is 10.0. The molecule has 0 bridgehead atoms. The topological polar surface area (TPSA) is 55.8 Å². The molecule has 1 aliphatic rings. The van der Waals surface area contributed by atoms with Crippen LogP contribution in [-0.2, 0) is 14.3 Å². The van der Waals surface area contributed by atoms with Gasteiger partial charge in [0.25, 0.3) is 0 Å². The van der Waals surface area contributed by atoms with E-state index >= 15 is 0 Å². The number of carbonyl (C=O) groups excluding carboxylic acids is 2. The van der Waals surface area contributed by atoms with Gasteiger partial charge in [0, 0.05) is 12.6 Å². The van der Waals surface area contributed by atoms with Crippen LogP contribution < -0.4 is 0 Å². The summed E-state index contributed by atoms with van der Waals surface area (Å²) < 4.78 is 10.0. The van der Waals surface area contributed by atoms with Crippen LogP contribution in [0.3, 0.4) is 0 Å². The van der Waals surface area contributed by atoms with Crippen LogP contribution in [0.2, 0.25) is 0 Å². The maximum absolute atomic E-state index is 11.8. The highest BCUT2D eigenvalue weighted by molar-refractivity contribution is 5.82. The Morgan fingerprint density at radius 1 is 1.39 bits per heavy atom. The van der Waals surface area contributed by atoms with Gasteiger partial charge in [0.05, 0.1) is 12.6 Å². The minimum atomic E-state index is -0.498. The summed E-state index contributed by atoms with van der Waals surface area (Å²) in [6.45, 7) is 8.24. The monoisotopic (exact) mass is 255 g/mol. The Morgan fingerprint density at radius 2 is 2.06 bits per heavy atom. The summed E-state index contributed by atoms with van der Waals surface area (Å²) in [5.74, 6) is -0.381. The first kappa shape index (κ1) is 14.5. The summed E-state index contributed by atoms with van der Waals surface area (Å²) in [6.07, 6.45) is 3.55. The lowest BCUT2D eigenvalue weighted by molar-refractivity contribution is -0.137. The first-order chi connectivity index (χ1) is 8.33. The number of rotatable bonds is 3. The summed E-state index contributed by atoms with van der Waals surface area (Å²) in [7, 11) is 0. The molecule has 5 nitrogen and oxygen atoms in total. The van der Waals surface area contributed by atoms with Gasteiger partial charge in [-0.05, 0) is 34.1 Å². The average molecular weight is 255 g/mol. The maximum atomic E-state index is 11.8. The standard InChI is InChI=1S/C13H21NO4/c1-5-17-11(15)7-6-10-8-9-14(10)12(16)18-13(2,3)4/h6-7,10H,5,8-9H2,1-4H3/b7-6+. The van der Waals surface area contributed by atoms with Crippen LogP contribution in [0.25, 0.3) is 0 Å². The van der Waals surface area contributed by atoms with Crippen molar-refractivity contribution in [1.29, 1.82) is 0 Å². The first-order valence-electron chi connectivity index (χ1n) is 6.18. The predicted molar refractivity (Wildman–Crippen MR) is 67.1 cm³/mol. The van der Waals surface area contributed by atoms with Crippen molar-refractivity contribution >= 4 is 12.1 Å². The molecular formula is C13H21NO4. The van der Waals surface area contributed by atoms with Gasteiger partial charge in [0.15, 0.2) is 0 Å². The number of nitrogens with zero attached hydrogens (tertiary/aromatic N) is 1. The van der Waals surface area contributed by atoms with Crippen molar-refractivity contribution in [2.75, 3.05) is 13.2 Å². The van der Waals surface area contributed by atoms with E-state index in [2.05, 4.69) is 0 Å². The Kier molecular flexibility index (Phi) is 4.76. The Balaban J connectivity index is 2.46. The summed E-state index contributed by atoms with van der Waals surface area (Å²) >= 11 is 0. The zero-order chi connectivity index (χ0) is 13.8. The highest BCUT2D eigenvalue weighted by Gasteiger charge is 2.33. The fraction of sp³-hybridized carbons (Fsp3) is 0.692. The molecule has 0 spiro atoms. The van der Waals surface area contributed by atoms with Crippen LogP contribution in [-0.4, -0.2) is 41.8 Å². The number of hydrogen-bond acceptors (Lipinski definition) is 4. The zero-order valence-electron chi connectivity index (χ0n) is 11.4. The van der Waals surface area contributed by atoms with Crippen molar-refractivity contribution in [2.45, 2.75) is 45.8 Å². The first-order valence-corrected chi connectivity index (χ1v) is 6.18. The van der Waals surface area contributed by atoms with Crippen LogP contribution in [0, 0.1) is 0 Å². The fourth-order valence-corrected chi connectivity index (χ4v) is 1.53. The molecule has 1 aliphatic heterocycles. The van der Waals surface area contributed by atoms with E-state index in [1.165, 1.54) is 6.08 Å². The number of likely N-dealkylation sites (tertiary alicyclic amines) is 1. The second-order valence-electron chi connectivity index (χ2n) is 5.14. The van der Waals surface area contributed by atoms with E-state index in [1.54, 1.807) is 17.9 Å². The Morgan fingerprint density at radius 3 is 2.50 bits per heavy atom. The normalized spacial score (nSPS) is 19.6. The molecule has 102 valence electrons. The van der Waals surface area contributed by atoms with Crippen molar-refractivity contribution in [2.24, 2.45) is 0 Å². The predicted octanol–water partition coefficient (Wildman–Crippen LogP) is 2.12. The molecule has 0 aliphatic carbocycles. The zero-order valence-corrected chi connectivity index (χ0v) is 11.4. The molecule has 1 amide bonds. The third kappa shape index (κ3) is 4.39. The van der Waals surface area contributed by atoms with Crippen molar-refractivity contribution < 1.29 is 19.1 Å². The molecular weight excluding hydrogens is 234 g/mol. The molecule has 0 radical (unpaired) electrons. The summed E-state index contributed by atoms with van der Waals surface area (Å²) in [6, 6.07) is -0.0655. The van der Waals surface area contributed by atoms with Gasteiger partial charge in [0.1, 0.15) is 5.60 Å². The number of esters is 1. The lowest BCUT2D eigenvalue weighted by Crippen LogP contribution is -2.51. The van der Waals surface area contributed by atoms with Crippen LogP contribution >= 0.6 is 0 Å². The van der Waals surface area contributed by atoms with Crippen LogP contribution in [0.5, 0.6) is 0 Å². The van der Waals surface area contributed by atoms with Gasteiger partial charge in [-0.25, -0.2) is 9.59 Å². The average Bonchev–Trinajstić information content (AvgIpc) is 2.13. The molecule has 0 aromatic rings. The van der Waals surface area contributed by atoms with Gasteiger partial charge >= 0.3 is 12.1 Å². The Labute approximate surface area is 108 Å². The quantitative estimate of drug-likeness (QED) is 0.572. The smallest absolute Gasteiger partial charge is 0.410 e. The molecule has 0 N–H and O–H groups in total. The van der Waals surface area contributed by atoms with Gasteiger partial charge in [-0.15, -0.1) is 0 Å². The SMILES string of the molecule is CCOC(=O)/C=C/C1CCN1C(=O)OC(C)(C)C. The fourth-order valence-electron chi connectivity index (χ4n) is 1.53. The van der Waals surface area contributed by atoms with Crippen molar-refractivity contribution in [3.63, 3.8) is 0 Å². The van der Waals surface area contributed by atoms with Crippen LogP contribution in [0.4, 0.5) is 4.79 Å². The molecule has 1 atom stereocenters. The molecule has 1 saturated heterocycles. The van der Waals surface area contributed by atoms with E-state index in [1.807, 2.05) is 20.8 Å². The molecule has 0 aromatic heterocycles. The number of hydrogen-bond donors (Lipinski definition) is 0. The minimum Gasteiger partial charge on any atom is -0.463 e. The van der Waals surface area contributed by atoms with Gasteiger partial charge < -0.3 is 14.4 Å². The van der Waals surface area contributed by atoms with E-state index < -0.39 is 5.60 Å². The highest BCUT2D eigenvalue weighted by Crippen LogP contribution is 2.22. The second kappa shape index (κ2) is 5.89. The number of amides is 1. The van der Waals surface area contributed by atoms with E-state index in [9.17, 15) is 9.59 Å². The number of ether oxygens (including phenoxy) is 2. The van der Waals surface area contributed by atoms with E-state index in [0.29, 0.717) is 13.2 Å². The molecule has 1 heterocycles. The third-order valence-electron chi connectivity index (χ3n) is 2.44. The Hall–Kier alpha value is -1.52. The van der Waals surface area contributed by atoms with Gasteiger partial charge in [0.2, 0.25) is 0 Å². The van der Waals surface area contributed by atoms with E-state index in [-0.39, 0.29) is 18.1 Å². The minimum absolute atomic E-state index is 0.0655. The highest BCUT2D eigenvalue weighted by atomic mass is 16.6. The molecule has 1 unspecified atom stereocenters. The van der Waals surface area contributed by atoms with Gasteiger partial charge in [-0.1, -0.05) is 6.08 Å². The molecule has 5 heteroatoms. The van der Waals surface area contributed by atoms with E-state index in [4.69, 9.17) is 9.47 Å². The van der Waals surface area contributed by atoms with Crippen molar-refractivity contribution in [3.8, 4) is 0 Å². The number of carbonyl (C=O) groups is 2. The van der Waals surface area contributed by atoms with Crippen molar-refractivity contribution in [3.05, 3.63) is 12.2 Å². The largest absolute Gasteiger partial charge is 0.463 e. The second-order valence-corrected chi connectivity index (χ2v) is 5.14. The maximum Gasteiger partial charge on any atom is 0.410 e.